The van der Waals surface area contributed by atoms with Gasteiger partial charge in [-0.3, -0.25) is 9.97 Å². The minimum Gasteiger partial charge on any atom is -0.309 e. The predicted octanol–water partition coefficient (Wildman–Crippen LogP) is 11.7. The highest BCUT2D eigenvalue weighted by molar-refractivity contribution is 6.11. The van der Waals surface area contributed by atoms with E-state index < -0.39 is 0 Å². The zero-order chi connectivity index (χ0) is 33.7. The summed E-state index contributed by atoms with van der Waals surface area (Å²) in [7, 11) is 0. The van der Waals surface area contributed by atoms with Crippen molar-refractivity contribution in [3.05, 3.63) is 181 Å². The maximum Gasteiger partial charge on any atom is 0.0571 e. The van der Waals surface area contributed by atoms with Crippen LogP contribution in [-0.4, -0.2) is 19.1 Å². The summed E-state index contributed by atoms with van der Waals surface area (Å²) in [4.78, 5) is 8.99. The molecule has 0 aliphatic heterocycles. The van der Waals surface area contributed by atoms with Crippen LogP contribution in [0.3, 0.4) is 0 Å². The number of allylic oxidation sites excluding steroid dienone is 8. The van der Waals surface area contributed by atoms with Crippen molar-refractivity contribution in [1.29, 1.82) is 0 Å². The molecular weight excluding hydrogens is 621 g/mol. The summed E-state index contributed by atoms with van der Waals surface area (Å²) in [5.41, 5.74) is 14.8. The smallest absolute Gasteiger partial charge is 0.0571 e. The summed E-state index contributed by atoms with van der Waals surface area (Å²) in [6.45, 7) is 0. The molecule has 0 amide bonds. The summed E-state index contributed by atoms with van der Waals surface area (Å²) in [6.07, 6.45) is 26.8. The molecule has 244 valence electrons. The third-order valence-corrected chi connectivity index (χ3v) is 10.6. The second-order valence-corrected chi connectivity index (χ2v) is 13.7. The number of hydrogen-bond donors (Lipinski definition) is 0. The fourth-order valence-corrected chi connectivity index (χ4v) is 8.06. The Hall–Kier alpha value is -6.26. The first-order valence-corrected chi connectivity index (χ1v) is 18.0. The summed E-state index contributed by atoms with van der Waals surface area (Å²) in [5, 5.41) is 4.83. The van der Waals surface area contributed by atoms with Gasteiger partial charge in [0.2, 0.25) is 0 Å². The Morgan fingerprint density at radius 2 is 0.902 bits per heavy atom. The molecule has 51 heavy (non-hydrogen) atoms. The monoisotopic (exact) mass is 656 g/mol. The van der Waals surface area contributed by atoms with Crippen LogP contribution in [0, 0.1) is 0 Å². The molecule has 4 heteroatoms. The summed E-state index contributed by atoms with van der Waals surface area (Å²) < 4.78 is 4.74. The summed E-state index contributed by atoms with van der Waals surface area (Å²) >= 11 is 0. The molecule has 4 heterocycles. The lowest BCUT2D eigenvalue weighted by molar-refractivity contribution is 1.04. The molecule has 0 saturated heterocycles. The Balaban J connectivity index is 0.950. The van der Waals surface area contributed by atoms with Crippen LogP contribution in [0.4, 0.5) is 0 Å². The quantitative estimate of drug-likeness (QED) is 0.179. The van der Waals surface area contributed by atoms with E-state index in [1.54, 1.807) is 0 Å². The van der Waals surface area contributed by atoms with E-state index in [1.165, 1.54) is 77.0 Å². The number of nitrogens with zero attached hydrogens (tertiary/aromatic N) is 4. The van der Waals surface area contributed by atoms with Crippen molar-refractivity contribution < 1.29 is 0 Å². The molecule has 0 atom stereocenters. The van der Waals surface area contributed by atoms with Gasteiger partial charge in [0.1, 0.15) is 0 Å². The van der Waals surface area contributed by atoms with Crippen LogP contribution in [0.5, 0.6) is 0 Å². The lowest BCUT2D eigenvalue weighted by Gasteiger charge is -2.12. The van der Waals surface area contributed by atoms with Crippen molar-refractivity contribution >= 4 is 54.8 Å². The van der Waals surface area contributed by atoms with Gasteiger partial charge in [-0.25, -0.2) is 0 Å². The van der Waals surface area contributed by atoms with E-state index in [0.29, 0.717) is 0 Å². The molecule has 0 saturated carbocycles. The first-order chi connectivity index (χ1) is 25.3. The molecule has 2 aliphatic rings. The van der Waals surface area contributed by atoms with Gasteiger partial charge in [-0.05, 0) is 126 Å². The molecule has 8 aromatic rings. The number of pyridine rings is 2. The van der Waals surface area contributed by atoms with Crippen LogP contribution < -0.4 is 0 Å². The molecule has 0 fully saturated rings. The van der Waals surface area contributed by atoms with Gasteiger partial charge in [0.15, 0.2) is 0 Å². The second-order valence-electron chi connectivity index (χ2n) is 13.7. The minimum atomic E-state index is 0.868. The Morgan fingerprint density at radius 1 is 0.451 bits per heavy atom. The predicted molar refractivity (Wildman–Crippen MR) is 213 cm³/mol. The van der Waals surface area contributed by atoms with E-state index in [0.717, 1.165) is 43.5 Å². The normalized spacial score (nSPS) is 14.5. The van der Waals surface area contributed by atoms with Gasteiger partial charge in [0.05, 0.1) is 22.1 Å². The molecule has 4 aromatic heterocycles. The Labute approximate surface area is 297 Å². The van der Waals surface area contributed by atoms with Gasteiger partial charge >= 0.3 is 0 Å². The molecule has 4 nitrogen and oxygen atoms in total. The highest BCUT2D eigenvalue weighted by atomic mass is 15.0. The fourth-order valence-electron chi connectivity index (χ4n) is 8.06. The third-order valence-electron chi connectivity index (χ3n) is 10.6. The average Bonchev–Trinajstić information content (AvgIpc) is 3.71. The van der Waals surface area contributed by atoms with Gasteiger partial charge in [-0.2, -0.15) is 0 Å². The first kappa shape index (κ1) is 29.6. The topological polar surface area (TPSA) is 35.6 Å². The first-order valence-electron chi connectivity index (χ1n) is 18.0. The van der Waals surface area contributed by atoms with Crippen molar-refractivity contribution in [2.75, 3.05) is 0 Å². The summed E-state index contributed by atoms with van der Waals surface area (Å²) in [6, 6.07) is 36.0. The lowest BCUT2D eigenvalue weighted by atomic mass is 9.98. The van der Waals surface area contributed by atoms with Crippen LogP contribution in [-0.2, 0) is 6.42 Å². The Morgan fingerprint density at radius 3 is 1.33 bits per heavy atom. The van der Waals surface area contributed by atoms with Gasteiger partial charge in [-0.15, -0.1) is 0 Å². The van der Waals surface area contributed by atoms with Crippen molar-refractivity contribution in [3.63, 3.8) is 0 Å². The Kier molecular flexibility index (Phi) is 7.12. The fraction of sp³-hybridized carbons (Fsp3) is 0.106. The molecule has 0 radical (unpaired) electrons. The zero-order valence-electron chi connectivity index (χ0n) is 28.3. The van der Waals surface area contributed by atoms with Gasteiger partial charge < -0.3 is 9.13 Å². The van der Waals surface area contributed by atoms with E-state index in [2.05, 4.69) is 153 Å². The van der Waals surface area contributed by atoms with Gasteiger partial charge in [0.25, 0.3) is 0 Å². The van der Waals surface area contributed by atoms with E-state index in [1.807, 2.05) is 24.8 Å². The van der Waals surface area contributed by atoms with Crippen LogP contribution >= 0.6 is 0 Å². The highest BCUT2D eigenvalue weighted by Gasteiger charge is 2.16. The molecule has 10 rings (SSSR count). The number of hydrogen-bond acceptors (Lipinski definition) is 2. The third kappa shape index (κ3) is 5.14. The van der Waals surface area contributed by atoms with Gasteiger partial charge in [-0.1, -0.05) is 72.9 Å². The van der Waals surface area contributed by atoms with Crippen molar-refractivity contribution in [2.45, 2.75) is 32.1 Å². The largest absolute Gasteiger partial charge is 0.309 e. The number of fused-ring (bicyclic) bond motifs is 6. The average molecular weight is 657 g/mol. The number of rotatable bonds is 6. The molecule has 0 bridgehead atoms. The van der Waals surface area contributed by atoms with E-state index in [4.69, 9.17) is 0 Å². The van der Waals surface area contributed by atoms with Gasteiger partial charge in [0, 0.05) is 57.7 Å². The molecule has 4 aromatic carbocycles. The molecule has 0 N–H and O–H groups in total. The second kappa shape index (κ2) is 12.3. The van der Waals surface area contributed by atoms with Crippen LogP contribution in [0.2, 0.25) is 0 Å². The number of aromatic nitrogens is 4. The van der Waals surface area contributed by atoms with E-state index in [-0.39, 0.29) is 0 Å². The van der Waals surface area contributed by atoms with Crippen LogP contribution in [0.15, 0.2) is 158 Å². The van der Waals surface area contributed by atoms with E-state index >= 15 is 0 Å². The number of benzene rings is 4. The Bertz CT molecular complexity index is 2560. The maximum absolute atomic E-state index is 4.50. The zero-order valence-corrected chi connectivity index (χ0v) is 28.3. The van der Waals surface area contributed by atoms with E-state index in [9.17, 15) is 0 Å². The molecule has 0 unspecified atom stereocenters. The molecule has 0 spiro atoms. The molecular formula is C47H36N4. The van der Waals surface area contributed by atoms with Crippen molar-refractivity contribution in [2.24, 2.45) is 0 Å². The summed E-state index contributed by atoms with van der Waals surface area (Å²) in [5.74, 6) is 0. The highest BCUT2D eigenvalue weighted by Crippen LogP contribution is 2.36. The van der Waals surface area contributed by atoms with Crippen LogP contribution in [0.25, 0.3) is 66.1 Å². The maximum atomic E-state index is 4.50. The van der Waals surface area contributed by atoms with Crippen molar-refractivity contribution in [1.82, 2.24) is 19.1 Å². The van der Waals surface area contributed by atoms with Crippen molar-refractivity contribution in [3.8, 4) is 11.4 Å². The lowest BCUT2D eigenvalue weighted by Crippen LogP contribution is -1.97. The minimum absolute atomic E-state index is 0.868. The SMILES string of the molecule is C1=CC(c2ccc3c(c2)c2cnccc2n3-c2ccc(Cc3ccc(-n4c5ccncc5c5cc(C6=CCCC=C6)ccc54)cc3)cc2)=CCC1. The van der Waals surface area contributed by atoms with Crippen LogP contribution in [0.1, 0.15) is 47.9 Å². The molecule has 2 aliphatic carbocycles. The standard InChI is InChI=1S/C47H36N4/c1-3-7-34(8-4-1)36-15-21-44-40(28-36)42-30-48-25-23-46(42)50(44)38-17-11-32(12-18-38)27-33-13-19-39(20-14-33)51-45-22-16-37(35-9-5-2-6-10-35)29-41(45)43-31-49-26-24-47(43)51/h3,5,7-26,28-31H,1-2,4,6,27H2.